The quantitative estimate of drug-likeness (QED) is 0.490. The minimum atomic E-state index is -0.493. The van der Waals surface area contributed by atoms with Crippen molar-refractivity contribution < 1.29 is 4.92 Å². The van der Waals surface area contributed by atoms with Gasteiger partial charge in [-0.2, -0.15) is 0 Å². The summed E-state index contributed by atoms with van der Waals surface area (Å²) in [6, 6.07) is 4.49. The van der Waals surface area contributed by atoms with Crippen molar-refractivity contribution in [1.29, 1.82) is 0 Å². The van der Waals surface area contributed by atoms with Crippen molar-refractivity contribution in [2.45, 2.75) is 6.42 Å². The maximum Gasteiger partial charge on any atom is 0.296 e. The fourth-order valence-corrected chi connectivity index (χ4v) is 2.16. The van der Waals surface area contributed by atoms with Crippen molar-refractivity contribution in [2.75, 3.05) is 5.33 Å². The molecule has 2 rings (SSSR count). The van der Waals surface area contributed by atoms with E-state index in [-0.39, 0.29) is 16.4 Å². The average Bonchev–Trinajstić information content (AvgIpc) is 2.77. The lowest BCUT2D eigenvalue weighted by molar-refractivity contribution is -0.384. The Hall–Kier alpha value is -1.47. The van der Waals surface area contributed by atoms with Gasteiger partial charge < -0.3 is 0 Å². The number of halogens is 2. The first-order valence-electron chi connectivity index (χ1n) is 5.04. The SMILES string of the molecule is O=[N+]([O-])c1cccc(Cl)c1-n1cc(CCBr)nn1. The van der Waals surface area contributed by atoms with Crippen LogP contribution in [-0.4, -0.2) is 25.2 Å². The molecule has 0 aliphatic heterocycles. The van der Waals surface area contributed by atoms with E-state index in [9.17, 15) is 10.1 Å². The summed E-state index contributed by atoms with van der Waals surface area (Å²) in [4.78, 5) is 10.5. The van der Waals surface area contributed by atoms with Gasteiger partial charge in [0.1, 0.15) is 0 Å². The van der Waals surface area contributed by atoms with E-state index in [1.54, 1.807) is 12.3 Å². The molecular weight excluding hydrogens is 323 g/mol. The minimum Gasteiger partial charge on any atom is -0.258 e. The van der Waals surface area contributed by atoms with Crippen molar-refractivity contribution in [1.82, 2.24) is 15.0 Å². The van der Waals surface area contributed by atoms with Crippen LogP contribution in [0.25, 0.3) is 5.69 Å². The lowest BCUT2D eigenvalue weighted by atomic mass is 10.2. The van der Waals surface area contributed by atoms with Crippen LogP contribution in [0.3, 0.4) is 0 Å². The number of rotatable bonds is 4. The zero-order valence-electron chi connectivity index (χ0n) is 9.08. The van der Waals surface area contributed by atoms with Crippen LogP contribution in [0, 0.1) is 10.1 Å². The predicted molar refractivity (Wildman–Crippen MR) is 70.5 cm³/mol. The maximum absolute atomic E-state index is 11.0. The molecule has 0 N–H and O–H groups in total. The first kappa shape index (κ1) is 13.0. The Morgan fingerprint density at radius 2 is 2.28 bits per heavy atom. The van der Waals surface area contributed by atoms with Crippen LogP contribution >= 0.6 is 27.5 Å². The molecule has 0 saturated heterocycles. The predicted octanol–water partition coefficient (Wildman–Crippen LogP) is 2.77. The van der Waals surface area contributed by atoms with Crippen LogP contribution in [0.1, 0.15) is 5.69 Å². The largest absolute Gasteiger partial charge is 0.296 e. The van der Waals surface area contributed by atoms with Crippen LogP contribution in [0.4, 0.5) is 5.69 Å². The second-order valence-electron chi connectivity index (χ2n) is 3.46. The zero-order valence-corrected chi connectivity index (χ0v) is 11.4. The summed E-state index contributed by atoms with van der Waals surface area (Å²) in [6.07, 6.45) is 2.33. The number of aromatic nitrogens is 3. The molecule has 0 unspecified atom stereocenters. The number of benzene rings is 1. The van der Waals surface area contributed by atoms with Crippen LogP contribution in [-0.2, 0) is 6.42 Å². The van der Waals surface area contributed by atoms with Crippen molar-refractivity contribution in [3.63, 3.8) is 0 Å². The van der Waals surface area contributed by atoms with Crippen LogP contribution in [0.15, 0.2) is 24.4 Å². The zero-order chi connectivity index (χ0) is 13.1. The summed E-state index contributed by atoms with van der Waals surface area (Å²) in [5.41, 5.74) is 0.872. The topological polar surface area (TPSA) is 73.8 Å². The molecule has 18 heavy (non-hydrogen) atoms. The Morgan fingerprint density at radius 1 is 1.50 bits per heavy atom. The molecule has 0 amide bonds. The van der Waals surface area contributed by atoms with Gasteiger partial charge in [0.2, 0.25) is 0 Å². The van der Waals surface area contributed by atoms with Gasteiger partial charge in [-0.15, -0.1) is 5.10 Å². The number of alkyl halides is 1. The second kappa shape index (κ2) is 5.45. The normalized spacial score (nSPS) is 10.6. The lowest BCUT2D eigenvalue weighted by Gasteiger charge is -2.03. The highest BCUT2D eigenvalue weighted by Crippen LogP contribution is 2.29. The van der Waals surface area contributed by atoms with Gasteiger partial charge in [0.25, 0.3) is 5.69 Å². The molecule has 6 nitrogen and oxygen atoms in total. The first-order valence-corrected chi connectivity index (χ1v) is 6.54. The Kier molecular flexibility index (Phi) is 3.93. The summed E-state index contributed by atoms with van der Waals surface area (Å²) in [6.45, 7) is 0. The van der Waals surface area contributed by atoms with Gasteiger partial charge in [-0.3, -0.25) is 10.1 Å². The Balaban J connectivity index is 2.51. The Morgan fingerprint density at radius 3 is 2.94 bits per heavy atom. The number of nitro benzene ring substituents is 1. The highest BCUT2D eigenvalue weighted by atomic mass is 79.9. The standard InChI is InChI=1S/C10H8BrClN4O2/c11-5-4-7-6-15(14-13-7)10-8(12)2-1-3-9(10)16(17)18/h1-3,6H,4-5H2. The van der Waals surface area contributed by atoms with E-state index in [2.05, 4.69) is 26.2 Å². The molecular formula is C10H8BrClN4O2. The van der Waals surface area contributed by atoms with E-state index in [0.717, 1.165) is 11.0 Å². The van der Waals surface area contributed by atoms with Crippen molar-refractivity contribution in [3.8, 4) is 5.69 Å². The molecule has 1 heterocycles. The van der Waals surface area contributed by atoms with Crippen LogP contribution in [0.2, 0.25) is 5.02 Å². The van der Waals surface area contributed by atoms with Gasteiger partial charge in [-0.25, -0.2) is 4.68 Å². The summed E-state index contributed by atoms with van der Waals surface area (Å²) in [7, 11) is 0. The molecule has 1 aromatic carbocycles. The second-order valence-corrected chi connectivity index (χ2v) is 4.66. The molecule has 94 valence electrons. The monoisotopic (exact) mass is 330 g/mol. The molecule has 0 atom stereocenters. The molecule has 0 bridgehead atoms. The van der Waals surface area contributed by atoms with E-state index >= 15 is 0 Å². The van der Waals surface area contributed by atoms with E-state index in [1.807, 2.05) is 0 Å². The molecule has 0 saturated carbocycles. The fourth-order valence-electron chi connectivity index (χ4n) is 1.50. The van der Waals surface area contributed by atoms with Gasteiger partial charge in [-0.1, -0.05) is 38.8 Å². The average molecular weight is 332 g/mol. The van der Waals surface area contributed by atoms with Crippen molar-refractivity contribution in [3.05, 3.63) is 45.2 Å². The van der Waals surface area contributed by atoms with E-state index in [0.29, 0.717) is 6.42 Å². The van der Waals surface area contributed by atoms with Crippen LogP contribution < -0.4 is 0 Å². The molecule has 0 fully saturated rings. The van der Waals surface area contributed by atoms with Crippen LogP contribution in [0.5, 0.6) is 0 Å². The Labute approximate surface area is 116 Å². The molecule has 2 aromatic rings. The van der Waals surface area contributed by atoms with Gasteiger partial charge in [-0.05, 0) is 6.07 Å². The highest BCUT2D eigenvalue weighted by Gasteiger charge is 2.19. The van der Waals surface area contributed by atoms with E-state index in [1.165, 1.54) is 16.8 Å². The number of para-hydroxylation sites is 1. The van der Waals surface area contributed by atoms with Gasteiger partial charge in [0, 0.05) is 17.8 Å². The molecule has 0 aliphatic carbocycles. The number of hydrogen-bond donors (Lipinski definition) is 0. The van der Waals surface area contributed by atoms with Gasteiger partial charge >= 0.3 is 0 Å². The minimum absolute atomic E-state index is 0.0993. The third kappa shape index (κ3) is 2.51. The summed E-state index contributed by atoms with van der Waals surface area (Å²) >= 11 is 9.28. The number of nitro groups is 1. The van der Waals surface area contributed by atoms with Gasteiger partial charge in [0.05, 0.1) is 21.8 Å². The van der Waals surface area contributed by atoms with Crippen molar-refractivity contribution >= 4 is 33.2 Å². The van der Waals surface area contributed by atoms with Gasteiger partial charge in [0.15, 0.2) is 5.69 Å². The molecule has 0 radical (unpaired) electrons. The first-order chi connectivity index (χ1) is 8.63. The summed E-state index contributed by atoms with van der Waals surface area (Å²) in [5, 5.41) is 19.8. The highest BCUT2D eigenvalue weighted by molar-refractivity contribution is 9.09. The molecule has 0 aliphatic rings. The maximum atomic E-state index is 11.0. The Bertz CT molecular complexity index is 587. The third-order valence-electron chi connectivity index (χ3n) is 2.28. The molecule has 8 heteroatoms. The van der Waals surface area contributed by atoms with E-state index < -0.39 is 4.92 Å². The molecule has 0 spiro atoms. The van der Waals surface area contributed by atoms with Crippen molar-refractivity contribution in [2.24, 2.45) is 0 Å². The molecule has 1 aromatic heterocycles. The summed E-state index contributed by atoms with van der Waals surface area (Å²) in [5.74, 6) is 0. The van der Waals surface area contributed by atoms with E-state index in [4.69, 9.17) is 11.6 Å². The third-order valence-corrected chi connectivity index (χ3v) is 2.98. The summed E-state index contributed by atoms with van der Waals surface area (Å²) < 4.78 is 1.33. The number of nitrogens with zero attached hydrogens (tertiary/aromatic N) is 4. The smallest absolute Gasteiger partial charge is 0.258 e. The number of hydrogen-bond acceptors (Lipinski definition) is 4. The number of aryl methyl sites for hydroxylation is 1. The fraction of sp³-hybridized carbons (Fsp3) is 0.200. The lowest BCUT2D eigenvalue weighted by Crippen LogP contribution is -2.01.